The number of carbonyl (C=O) groups excluding carboxylic acids is 1. The van der Waals surface area contributed by atoms with Crippen LogP contribution in [-0.4, -0.2) is 10.5 Å². The first-order valence-corrected chi connectivity index (χ1v) is 7.08. The van der Waals surface area contributed by atoms with Crippen LogP contribution in [0.25, 0.3) is 10.9 Å². The van der Waals surface area contributed by atoms with E-state index >= 15 is 0 Å². The van der Waals surface area contributed by atoms with E-state index < -0.39 is 0 Å². The topological polar surface area (TPSA) is 57.8 Å². The van der Waals surface area contributed by atoms with Crippen LogP contribution in [-0.2, 0) is 11.3 Å². The van der Waals surface area contributed by atoms with Gasteiger partial charge < -0.3 is 9.88 Å². The molecule has 0 radical (unpaired) electrons. The zero-order valence-corrected chi connectivity index (χ0v) is 12.3. The van der Waals surface area contributed by atoms with Crippen LogP contribution in [0.1, 0.15) is 5.56 Å². The molecule has 0 spiro atoms. The first kappa shape index (κ1) is 14.2. The van der Waals surface area contributed by atoms with Crippen LogP contribution < -0.4 is 5.32 Å². The Labute approximate surface area is 132 Å². The third-order valence-electron chi connectivity index (χ3n) is 3.35. The maximum Gasteiger partial charge on any atom is 0.244 e. The number of hydrogen-bond donors (Lipinski definition) is 1. The fraction of sp³-hybridized carbons (Fsp3) is 0.0588. The van der Waals surface area contributed by atoms with Crippen molar-refractivity contribution in [3.63, 3.8) is 0 Å². The van der Waals surface area contributed by atoms with Gasteiger partial charge in [-0.3, -0.25) is 4.79 Å². The molecular formula is C17H12ClN3O. The van der Waals surface area contributed by atoms with Gasteiger partial charge in [-0.1, -0.05) is 29.8 Å². The van der Waals surface area contributed by atoms with E-state index in [4.69, 9.17) is 16.9 Å². The van der Waals surface area contributed by atoms with Gasteiger partial charge in [0.25, 0.3) is 0 Å². The average Bonchev–Trinajstić information content (AvgIpc) is 2.88. The van der Waals surface area contributed by atoms with Gasteiger partial charge in [-0.25, -0.2) is 0 Å². The third kappa shape index (κ3) is 2.80. The summed E-state index contributed by atoms with van der Waals surface area (Å²) >= 11 is 5.81. The molecule has 4 nitrogen and oxygen atoms in total. The van der Waals surface area contributed by atoms with E-state index in [0.717, 1.165) is 10.9 Å². The number of hydrogen-bond acceptors (Lipinski definition) is 2. The molecule has 0 atom stereocenters. The Balaban J connectivity index is 1.82. The number of carbonyl (C=O) groups is 1. The first-order valence-electron chi connectivity index (χ1n) is 6.71. The van der Waals surface area contributed by atoms with E-state index in [9.17, 15) is 4.79 Å². The molecule has 0 unspecified atom stereocenters. The second-order valence-electron chi connectivity index (χ2n) is 4.85. The second-order valence-corrected chi connectivity index (χ2v) is 5.29. The van der Waals surface area contributed by atoms with Gasteiger partial charge in [0.15, 0.2) is 0 Å². The molecule has 1 heterocycles. The molecule has 0 saturated heterocycles. The monoisotopic (exact) mass is 309 g/mol. The predicted octanol–water partition coefficient (Wildman–Crippen LogP) is 3.81. The van der Waals surface area contributed by atoms with Crippen molar-refractivity contribution in [2.24, 2.45) is 0 Å². The molecule has 0 aliphatic carbocycles. The van der Waals surface area contributed by atoms with Crippen LogP contribution in [0.2, 0.25) is 5.02 Å². The SMILES string of the molecule is N#Cc1cn(CC(=O)Nc2ccc(Cl)cc2)c2ccccc12. The highest BCUT2D eigenvalue weighted by molar-refractivity contribution is 6.30. The number of aromatic nitrogens is 1. The van der Waals surface area contributed by atoms with Crippen molar-refractivity contribution in [2.45, 2.75) is 6.54 Å². The maximum atomic E-state index is 12.2. The number of anilines is 1. The van der Waals surface area contributed by atoms with E-state index in [1.165, 1.54) is 0 Å². The minimum absolute atomic E-state index is 0.144. The minimum Gasteiger partial charge on any atom is -0.337 e. The highest BCUT2D eigenvalue weighted by Gasteiger charge is 2.10. The zero-order valence-electron chi connectivity index (χ0n) is 11.6. The lowest BCUT2D eigenvalue weighted by Crippen LogP contribution is -2.18. The van der Waals surface area contributed by atoms with Gasteiger partial charge >= 0.3 is 0 Å². The Bertz CT molecular complexity index is 875. The van der Waals surface area contributed by atoms with Crippen molar-refractivity contribution in [3.8, 4) is 6.07 Å². The van der Waals surface area contributed by atoms with Gasteiger partial charge in [0, 0.05) is 27.8 Å². The minimum atomic E-state index is -0.160. The van der Waals surface area contributed by atoms with E-state index in [1.54, 1.807) is 35.0 Å². The Morgan fingerprint density at radius 2 is 1.91 bits per heavy atom. The summed E-state index contributed by atoms with van der Waals surface area (Å²) in [4.78, 5) is 12.2. The summed E-state index contributed by atoms with van der Waals surface area (Å²) in [6, 6.07) is 16.6. The van der Waals surface area contributed by atoms with Gasteiger partial charge in [0.2, 0.25) is 5.91 Å². The first-order chi connectivity index (χ1) is 10.7. The summed E-state index contributed by atoms with van der Waals surface area (Å²) in [5.74, 6) is -0.160. The summed E-state index contributed by atoms with van der Waals surface area (Å²) in [7, 11) is 0. The lowest BCUT2D eigenvalue weighted by atomic mass is 10.2. The highest BCUT2D eigenvalue weighted by atomic mass is 35.5. The fourth-order valence-corrected chi connectivity index (χ4v) is 2.48. The van der Waals surface area contributed by atoms with Crippen molar-refractivity contribution in [3.05, 3.63) is 65.3 Å². The summed E-state index contributed by atoms with van der Waals surface area (Å²) in [6.45, 7) is 0.144. The molecule has 0 fully saturated rings. The molecule has 0 saturated carbocycles. The molecule has 5 heteroatoms. The number of nitriles is 1. The molecule has 0 aliphatic heterocycles. The predicted molar refractivity (Wildman–Crippen MR) is 86.7 cm³/mol. The normalized spacial score (nSPS) is 10.4. The Hall–Kier alpha value is -2.77. The van der Waals surface area contributed by atoms with Crippen LogP contribution in [0.5, 0.6) is 0 Å². The third-order valence-corrected chi connectivity index (χ3v) is 3.60. The summed E-state index contributed by atoms with van der Waals surface area (Å²) in [5.41, 5.74) is 2.12. The molecule has 108 valence electrons. The van der Waals surface area contributed by atoms with Crippen molar-refractivity contribution in [1.82, 2.24) is 4.57 Å². The Kier molecular flexibility index (Phi) is 3.82. The molecule has 3 aromatic rings. The Morgan fingerprint density at radius 1 is 1.18 bits per heavy atom. The van der Waals surface area contributed by atoms with Crippen LogP contribution in [0.4, 0.5) is 5.69 Å². The largest absolute Gasteiger partial charge is 0.337 e. The number of fused-ring (bicyclic) bond motifs is 1. The van der Waals surface area contributed by atoms with Gasteiger partial charge in [-0.15, -0.1) is 0 Å². The Morgan fingerprint density at radius 3 is 2.64 bits per heavy atom. The summed E-state index contributed by atoms with van der Waals surface area (Å²) in [5, 5.41) is 13.4. The van der Waals surface area contributed by atoms with Crippen LogP contribution >= 0.6 is 11.6 Å². The van der Waals surface area contributed by atoms with E-state index in [0.29, 0.717) is 16.3 Å². The number of benzene rings is 2. The number of para-hydroxylation sites is 1. The molecule has 0 aliphatic rings. The lowest BCUT2D eigenvalue weighted by molar-refractivity contribution is -0.116. The zero-order chi connectivity index (χ0) is 15.5. The maximum absolute atomic E-state index is 12.2. The molecular weight excluding hydrogens is 298 g/mol. The van der Waals surface area contributed by atoms with Gasteiger partial charge in [-0.2, -0.15) is 5.26 Å². The van der Waals surface area contributed by atoms with E-state index in [1.807, 2.05) is 24.3 Å². The summed E-state index contributed by atoms with van der Waals surface area (Å²) < 4.78 is 1.78. The quantitative estimate of drug-likeness (QED) is 0.800. The van der Waals surface area contributed by atoms with Gasteiger partial charge in [0.1, 0.15) is 12.6 Å². The fourth-order valence-electron chi connectivity index (χ4n) is 2.36. The van der Waals surface area contributed by atoms with Crippen molar-refractivity contribution in [2.75, 3.05) is 5.32 Å². The molecule has 1 aromatic heterocycles. The summed E-state index contributed by atoms with van der Waals surface area (Å²) in [6.07, 6.45) is 1.70. The van der Waals surface area contributed by atoms with Crippen molar-refractivity contribution >= 4 is 34.1 Å². The molecule has 1 amide bonds. The molecule has 0 bridgehead atoms. The molecule has 3 rings (SSSR count). The van der Waals surface area contributed by atoms with E-state index in [2.05, 4.69) is 11.4 Å². The number of nitrogens with zero attached hydrogens (tertiary/aromatic N) is 2. The highest BCUT2D eigenvalue weighted by Crippen LogP contribution is 2.20. The van der Waals surface area contributed by atoms with Crippen molar-refractivity contribution in [1.29, 1.82) is 5.26 Å². The van der Waals surface area contributed by atoms with Gasteiger partial charge in [0.05, 0.1) is 5.56 Å². The van der Waals surface area contributed by atoms with Crippen LogP contribution in [0, 0.1) is 11.3 Å². The standard InChI is InChI=1S/C17H12ClN3O/c18-13-5-7-14(8-6-13)20-17(22)11-21-10-12(9-19)15-3-1-2-4-16(15)21/h1-8,10H,11H2,(H,20,22). The van der Waals surface area contributed by atoms with E-state index in [-0.39, 0.29) is 12.5 Å². The number of rotatable bonds is 3. The molecule has 1 N–H and O–H groups in total. The number of halogens is 1. The average molecular weight is 310 g/mol. The second kappa shape index (κ2) is 5.92. The van der Waals surface area contributed by atoms with Crippen molar-refractivity contribution < 1.29 is 4.79 Å². The molecule has 22 heavy (non-hydrogen) atoms. The van der Waals surface area contributed by atoms with Crippen LogP contribution in [0.15, 0.2) is 54.7 Å². The smallest absolute Gasteiger partial charge is 0.244 e. The number of amides is 1. The lowest BCUT2D eigenvalue weighted by Gasteiger charge is -2.07. The van der Waals surface area contributed by atoms with Crippen LogP contribution in [0.3, 0.4) is 0 Å². The number of nitrogens with one attached hydrogen (secondary N) is 1. The molecule has 2 aromatic carbocycles. The van der Waals surface area contributed by atoms with Gasteiger partial charge in [-0.05, 0) is 30.3 Å².